The van der Waals surface area contributed by atoms with Gasteiger partial charge in [0.2, 0.25) is 0 Å². The number of hydrogen-bond acceptors (Lipinski definition) is 1. The molecular weight excluding hydrogens is 324 g/mol. The topological polar surface area (TPSA) is 12.9 Å². The van der Waals surface area contributed by atoms with Crippen LogP contribution >= 0.6 is 0 Å². The summed E-state index contributed by atoms with van der Waals surface area (Å²) >= 11 is 0. The van der Waals surface area contributed by atoms with Gasteiger partial charge in [0.1, 0.15) is 0 Å². The molecule has 1 nitrogen and oxygen atoms in total. The van der Waals surface area contributed by atoms with E-state index in [2.05, 4.69) is 47.4 Å². The zero-order valence-electron chi connectivity index (χ0n) is 15.6. The molecule has 0 atom stereocenters. The van der Waals surface area contributed by atoms with Crippen LogP contribution in [0.4, 0.5) is 0 Å². The maximum absolute atomic E-state index is 6.65. The molecule has 1 fully saturated rings. The van der Waals surface area contributed by atoms with Crippen LogP contribution in [-0.2, 0) is 5.21 Å². The molecule has 0 bridgehead atoms. The molecule has 1 aliphatic carbocycles. The van der Waals surface area contributed by atoms with E-state index < -0.39 is 5.21 Å². The predicted molar refractivity (Wildman–Crippen MR) is 115 cm³/mol. The Balaban J connectivity index is 1.67. The van der Waals surface area contributed by atoms with Crippen LogP contribution in [0.5, 0.6) is 0 Å². The van der Waals surface area contributed by atoms with E-state index in [1.54, 1.807) is 0 Å². The molecule has 1 aromatic heterocycles. The Morgan fingerprint density at radius 2 is 1.44 bits per heavy atom. The van der Waals surface area contributed by atoms with Crippen molar-refractivity contribution in [3.63, 3.8) is 0 Å². The summed E-state index contributed by atoms with van der Waals surface area (Å²) < 4.78 is 0. The highest BCUT2D eigenvalue weighted by atomic mass is 14.7. The fourth-order valence-electron chi connectivity index (χ4n) is 4.16. The zero-order chi connectivity index (χ0) is 18.7. The Morgan fingerprint density at radius 1 is 0.741 bits per heavy atom. The Hall–Kier alpha value is -2.28. The first-order valence-corrected chi connectivity index (χ1v) is 9.85. The van der Waals surface area contributed by atoms with Crippen LogP contribution in [0, 0.1) is 5.92 Å². The van der Waals surface area contributed by atoms with Crippen LogP contribution in [0.15, 0.2) is 72.9 Å². The molecule has 3 heteroatoms. The van der Waals surface area contributed by atoms with E-state index in [0.717, 1.165) is 40.8 Å². The number of benzene rings is 2. The standard InChI is InChI=1S/C24H23B2N/c25-24(26,21-11-5-2-6-12-21)22-13-7-10-19(16-22)20-14-15-27-23(17-20)18-8-3-1-4-9-18/h1,3-4,7-10,13-17,21H,2,5-6,11-12H2. The smallest absolute Gasteiger partial charge is 0.0708 e. The molecule has 4 radical (unpaired) electrons. The molecule has 4 rings (SSSR count). The molecule has 0 saturated heterocycles. The lowest BCUT2D eigenvalue weighted by atomic mass is 9.43. The van der Waals surface area contributed by atoms with Crippen molar-refractivity contribution in [2.24, 2.45) is 5.92 Å². The first kappa shape index (κ1) is 18.1. The molecule has 1 heterocycles. The minimum absolute atomic E-state index is 0.346. The van der Waals surface area contributed by atoms with E-state index in [9.17, 15) is 0 Å². The van der Waals surface area contributed by atoms with Crippen LogP contribution in [0.1, 0.15) is 37.7 Å². The van der Waals surface area contributed by atoms with E-state index >= 15 is 0 Å². The third-order valence-electron chi connectivity index (χ3n) is 5.81. The molecule has 1 aliphatic rings. The van der Waals surface area contributed by atoms with E-state index in [-0.39, 0.29) is 0 Å². The molecular formula is C24H23B2N. The van der Waals surface area contributed by atoms with Gasteiger partial charge in [0.05, 0.1) is 21.4 Å². The summed E-state index contributed by atoms with van der Waals surface area (Å²) in [6, 6.07) is 22.8. The van der Waals surface area contributed by atoms with Crippen LogP contribution < -0.4 is 0 Å². The van der Waals surface area contributed by atoms with Gasteiger partial charge in [-0.2, -0.15) is 0 Å². The largest absolute Gasteiger partial charge is 0.256 e. The Kier molecular flexibility index (Phi) is 5.20. The maximum Gasteiger partial charge on any atom is 0.0708 e. The third-order valence-corrected chi connectivity index (χ3v) is 5.81. The van der Waals surface area contributed by atoms with Gasteiger partial charge in [-0.05, 0) is 29.2 Å². The summed E-state index contributed by atoms with van der Waals surface area (Å²) in [7, 11) is 13.3. The van der Waals surface area contributed by atoms with Gasteiger partial charge in [-0.25, -0.2) is 0 Å². The second kappa shape index (κ2) is 7.76. The quantitative estimate of drug-likeness (QED) is 0.569. The van der Waals surface area contributed by atoms with Crippen molar-refractivity contribution < 1.29 is 0 Å². The van der Waals surface area contributed by atoms with Gasteiger partial charge in [0.25, 0.3) is 0 Å². The maximum atomic E-state index is 6.65. The fraction of sp³-hybridized carbons (Fsp3) is 0.292. The Labute approximate surface area is 165 Å². The fourth-order valence-corrected chi connectivity index (χ4v) is 4.16. The van der Waals surface area contributed by atoms with E-state index in [1.807, 2.05) is 30.5 Å². The lowest BCUT2D eigenvalue weighted by Crippen LogP contribution is -2.37. The first-order valence-electron chi connectivity index (χ1n) is 9.85. The van der Waals surface area contributed by atoms with Crippen molar-refractivity contribution in [3.8, 4) is 22.4 Å². The molecule has 0 N–H and O–H groups in total. The van der Waals surface area contributed by atoms with Gasteiger partial charge in [-0.3, -0.25) is 4.98 Å². The van der Waals surface area contributed by atoms with E-state index in [0.29, 0.717) is 5.92 Å². The number of rotatable bonds is 4. The minimum atomic E-state index is -0.772. The summed E-state index contributed by atoms with van der Waals surface area (Å²) in [4.78, 5) is 4.53. The zero-order valence-corrected chi connectivity index (χ0v) is 15.6. The molecule has 27 heavy (non-hydrogen) atoms. The molecule has 3 aromatic rings. The highest BCUT2D eigenvalue weighted by Gasteiger charge is 2.31. The molecule has 2 aromatic carbocycles. The number of aromatic nitrogens is 1. The molecule has 0 amide bonds. The lowest BCUT2D eigenvalue weighted by molar-refractivity contribution is 0.327. The van der Waals surface area contributed by atoms with Crippen molar-refractivity contribution in [2.75, 3.05) is 0 Å². The van der Waals surface area contributed by atoms with Gasteiger partial charge >= 0.3 is 0 Å². The Morgan fingerprint density at radius 3 is 2.22 bits per heavy atom. The average molecular weight is 347 g/mol. The predicted octanol–water partition coefficient (Wildman–Crippen LogP) is 5.49. The van der Waals surface area contributed by atoms with Crippen molar-refractivity contribution in [2.45, 2.75) is 37.3 Å². The normalized spacial score (nSPS) is 15.6. The van der Waals surface area contributed by atoms with Crippen molar-refractivity contribution in [3.05, 3.63) is 78.5 Å². The van der Waals surface area contributed by atoms with Crippen LogP contribution in [0.2, 0.25) is 0 Å². The average Bonchev–Trinajstić information content (AvgIpc) is 2.75. The van der Waals surface area contributed by atoms with Crippen LogP contribution in [-0.4, -0.2) is 20.7 Å². The van der Waals surface area contributed by atoms with Gasteiger partial charge in [0, 0.05) is 11.8 Å². The molecule has 1 saturated carbocycles. The highest BCUT2D eigenvalue weighted by molar-refractivity contribution is 6.40. The van der Waals surface area contributed by atoms with Gasteiger partial charge in [-0.1, -0.05) is 97.5 Å². The monoisotopic (exact) mass is 347 g/mol. The van der Waals surface area contributed by atoms with Crippen molar-refractivity contribution >= 4 is 15.7 Å². The van der Waals surface area contributed by atoms with Crippen molar-refractivity contribution in [1.29, 1.82) is 0 Å². The second-order valence-electron chi connectivity index (χ2n) is 7.64. The van der Waals surface area contributed by atoms with Crippen LogP contribution in [0.3, 0.4) is 0 Å². The highest BCUT2D eigenvalue weighted by Crippen LogP contribution is 2.38. The summed E-state index contributed by atoms with van der Waals surface area (Å²) in [5.74, 6) is 0.346. The number of pyridine rings is 1. The minimum Gasteiger partial charge on any atom is -0.256 e. The van der Waals surface area contributed by atoms with Gasteiger partial charge in [-0.15, -0.1) is 0 Å². The Bertz CT molecular complexity index is 899. The van der Waals surface area contributed by atoms with E-state index in [1.165, 1.54) is 19.3 Å². The summed E-state index contributed by atoms with van der Waals surface area (Å²) in [5.41, 5.74) is 5.36. The molecule has 0 unspecified atom stereocenters. The summed E-state index contributed by atoms with van der Waals surface area (Å²) in [5, 5.41) is -0.772. The van der Waals surface area contributed by atoms with Gasteiger partial charge in [0.15, 0.2) is 0 Å². The molecule has 0 spiro atoms. The molecule has 0 aliphatic heterocycles. The van der Waals surface area contributed by atoms with Gasteiger partial charge < -0.3 is 0 Å². The summed E-state index contributed by atoms with van der Waals surface area (Å²) in [6.07, 6.45) is 7.85. The summed E-state index contributed by atoms with van der Waals surface area (Å²) in [6.45, 7) is 0. The van der Waals surface area contributed by atoms with Crippen molar-refractivity contribution in [1.82, 2.24) is 4.98 Å². The third kappa shape index (κ3) is 3.88. The first-order chi connectivity index (χ1) is 13.1. The van der Waals surface area contributed by atoms with Crippen LogP contribution in [0.25, 0.3) is 22.4 Å². The number of hydrogen-bond donors (Lipinski definition) is 0. The second-order valence-corrected chi connectivity index (χ2v) is 7.64. The SMILES string of the molecule is [B]C([B])(c1cccc(-c2ccnc(-c3ccccc3)c2)c1)C1CCCCC1. The molecule has 130 valence electrons. The van der Waals surface area contributed by atoms with E-state index in [4.69, 9.17) is 15.7 Å². The number of nitrogens with zero attached hydrogens (tertiary/aromatic N) is 1. The lowest BCUT2D eigenvalue weighted by Gasteiger charge is -2.39.